The highest BCUT2D eigenvalue weighted by molar-refractivity contribution is 6.30. The maximum absolute atomic E-state index is 12.4. The van der Waals surface area contributed by atoms with Crippen molar-refractivity contribution in [2.75, 3.05) is 26.2 Å². The van der Waals surface area contributed by atoms with E-state index in [2.05, 4.69) is 4.98 Å². The summed E-state index contributed by atoms with van der Waals surface area (Å²) in [5, 5.41) is 0.548. The van der Waals surface area contributed by atoms with E-state index in [9.17, 15) is 9.59 Å². The molecular weight excluding hydrogens is 302 g/mol. The summed E-state index contributed by atoms with van der Waals surface area (Å²) < 4.78 is 0. The van der Waals surface area contributed by atoms with E-state index in [1.807, 2.05) is 0 Å². The lowest BCUT2D eigenvalue weighted by atomic mass is 10.1. The molecule has 0 spiro atoms. The number of carbonyl (C=O) groups is 2. The number of nitrogens with one attached hydrogen (secondary N) is 1. The average molecular weight is 318 g/mol. The van der Waals surface area contributed by atoms with Crippen molar-refractivity contribution in [3.63, 3.8) is 0 Å². The Bertz CT molecular complexity index is 676. The number of rotatable bonds is 2. The van der Waals surface area contributed by atoms with Gasteiger partial charge in [0.1, 0.15) is 0 Å². The monoisotopic (exact) mass is 317 g/mol. The van der Waals surface area contributed by atoms with Gasteiger partial charge in [-0.3, -0.25) is 9.59 Å². The molecule has 0 bridgehead atoms. The van der Waals surface area contributed by atoms with Crippen LogP contribution in [0, 0.1) is 0 Å². The largest absolute Gasteiger partial charge is 0.367 e. The van der Waals surface area contributed by atoms with Gasteiger partial charge in [-0.15, -0.1) is 0 Å². The topological polar surface area (TPSA) is 56.4 Å². The van der Waals surface area contributed by atoms with Crippen molar-refractivity contribution in [3.05, 3.63) is 58.9 Å². The molecule has 2 amide bonds. The minimum absolute atomic E-state index is 0.00361. The molecule has 2 aromatic rings. The number of piperazine rings is 1. The number of H-pyrrole nitrogens is 1. The van der Waals surface area contributed by atoms with Gasteiger partial charge in [-0.25, -0.2) is 0 Å². The fourth-order valence-corrected chi connectivity index (χ4v) is 2.75. The Balaban J connectivity index is 1.62. The lowest BCUT2D eigenvalue weighted by Crippen LogP contribution is -2.50. The Morgan fingerprint density at radius 1 is 0.955 bits per heavy atom. The Hall–Kier alpha value is -2.27. The molecular formula is C16H16ClN3O2. The van der Waals surface area contributed by atoms with E-state index < -0.39 is 0 Å². The van der Waals surface area contributed by atoms with E-state index in [0.717, 1.165) is 0 Å². The van der Waals surface area contributed by atoms with Crippen molar-refractivity contribution in [2.45, 2.75) is 0 Å². The van der Waals surface area contributed by atoms with Crippen molar-refractivity contribution in [1.29, 1.82) is 0 Å². The van der Waals surface area contributed by atoms with Crippen LogP contribution in [0.25, 0.3) is 0 Å². The van der Waals surface area contributed by atoms with Crippen LogP contribution in [0.4, 0.5) is 0 Å². The number of halogens is 1. The summed E-state index contributed by atoms with van der Waals surface area (Å²) in [7, 11) is 0. The minimum atomic E-state index is -0.0451. The molecule has 0 saturated carbocycles. The second kappa shape index (κ2) is 6.23. The van der Waals surface area contributed by atoms with Crippen molar-refractivity contribution in [2.24, 2.45) is 0 Å². The van der Waals surface area contributed by atoms with Crippen LogP contribution in [0.15, 0.2) is 42.7 Å². The number of carbonyl (C=O) groups excluding carboxylic acids is 2. The summed E-state index contributed by atoms with van der Waals surface area (Å²) >= 11 is 5.92. The van der Waals surface area contributed by atoms with Crippen LogP contribution in [0.5, 0.6) is 0 Å². The highest BCUT2D eigenvalue weighted by Gasteiger charge is 2.25. The molecule has 0 unspecified atom stereocenters. The SMILES string of the molecule is O=C(c1cc[nH]c1)N1CCN(C(=O)c2cccc(Cl)c2)CC1. The van der Waals surface area contributed by atoms with Gasteiger partial charge >= 0.3 is 0 Å². The summed E-state index contributed by atoms with van der Waals surface area (Å²) in [6.45, 7) is 2.13. The summed E-state index contributed by atoms with van der Waals surface area (Å²) in [6.07, 6.45) is 3.41. The summed E-state index contributed by atoms with van der Waals surface area (Å²) in [5.74, 6) is -0.0488. The number of benzene rings is 1. The fourth-order valence-electron chi connectivity index (χ4n) is 2.56. The second-order valence-electron chi connectivity index (χ2n) is 5.19. The van der Waals surface area contributed by atoms with Crippen molar-refractivity contribution in [1.82, 2.24) is 14.8 Å². The first kappa shape index (κ1) is 14.7. The van der Waals surface area contributed by atoms with Crippen LogP contribution in [0.3, 0.4) is 0 Å². The molecule has 5 nitrogen and oxygen atoms in total. The average Bonchev–Trinajstić information content (AvgIpc) is 3.08. The number of amides is 2. The predicted molar refractivity (Wildman–Crippen MR) is 84.1 cm³/mol. The summed E-state index contributed by atoms with van der Waals surface area (Å²) in [4.78, 5) is 31.1. The lowest BCUT2D eigenvalue weighted by Gasteiger charge is -2.34. The van der Waals surface area contributed by atoms with Gasteiger partial charge in [-0.1, -0.05) is 17.7 Å². The van der Waals surface area contributed by atoms with Crippen LogP contribution in [-0.2, 0) is 0 Å². The van der Waals surface area contributed by atoms with Crippen LogP contribution >= 0.6 is 11.6 Å². The number of aromatic amines is 1. The highest BCUT2D eigenvalue weighted by atomic mass is 35.5. The van der Waals surface area contributed by atoms with Crippen LogP contribution in [-0.4, -0.2) is 52.8 Å². The van der Waals surface area contributed by atoms with Gasteiger partial charge in [0.2, 0.25) is 0 Å². The predicted octanol–water partition coefficient (Wildman–Crippen LogP) is 2.27. The third kappa shape index (κ3) is 2.99. The molecule has 1 saturated heterocycles. The standard InChI is InChI=1S/C16H16ClN3O2/c17-14-3-1-2-12(10-14)15(21)19-6-8-20(9-7-19)16(22)13-4-5-18-11-13/h1-5,10-11,18H,6-9H2. The summed E-state index contributed by atoms with van der Waals surface area (Å²) in [6, 6.07) is 8.69. The molecule has 114 valence electrons. The number of aromatic nitrogens is 1. The third-order valence-electron chi connectivity index (χ3n) is 3.77. The van der Waals surface area contributed by atoms with Crippen LogP contribution < -0.4 is 0 Å². The molecule has 6 heteroatoms. The molecule has 3 rings (SSSR count). The molecule has 2 heterocycles. The first-order chi connectivity index (χ1) is 10.6. The normalized spacial score (nSPS) is 15.0. The second-order valence-corrected chi connectivity index (χ2v) is 5.63. The molecule has 22 heavy (non-hydrogen) atoms. The maximum Gasteiger partial charge on any atom is 0.255 e. The zero-order valence-electron chi connectivity index (χ0n) is 12.0. The molecule has 1 aliphatic rings. The Morgan fingerprint density at radius 3 is 2.14 bits per heavy atom. The molecule has 1 aromatic carbocycles. The van der Waals surface area contributed by atoms with E-state index in [1.165, 1.54) is 0 Å². The number of nitrogens with zero attached hydrogens (tertiary/aromatic N) is 2. The van der Waals surface area contributed by atoms with Gasteiger partial charge in [-0.05, 0) is 24.3 Å². The molecule has 1 N–H and O–H groups in total. The quantitative estimate of drug-likeness (QED) is 0.923. The third-order valence-corrected chi connectivity index (χ3v) is 4.01. The molecule has 0 radical (unpaired) electrons. The highest BCUT2D eigenvalue weighted by Crippen LogP contribution is 2.15. The molecule has 1 aromatic heterocycles. The first-order valence-corrected chi connectivity index (χ1v) is 7.50. The Morgan fingerprint density at radius 2 is 1.59 bits per heavy atom. The number of hydrogen-bond donors (Lipinski definition) is 1. The zero-order valence-corrected chi connectivity index (χ0v) is 12.7. The first-order valence-electron chi connectivity index (χ1n) is 7.12. The smallest absolute Gasteiger partial charge is 0.255 e. The van der Waals surface area contributed by atoms with Crippen molar-refractivity contribution >= 4 is 23.4 Å². The van der Waals surface area contributed by atoms with Crippen molar-refractivity contribution < 1.29 is 9.59 Å². The zero-order chi connectivity index (χ0) is 15.5. The fraction of sp³-hybridized carbons (Fsp3) is 0.250. The van der Waals surface area contributed by atoms with Crippen molar-refractivity contribution in [3.8, 4) is 0 Å². The Labute approximate surface area is 133 Å². The van der Waals surface area contributed by atoms with E-state index in [0.29, 0.717) is 42.3 Å². The number of hydrogen-bond acceptors (Lipinski definition) is 2. The van der Waals surface area contributed by atoms with Gasteiger partial charge in [0.15, 0.2) is 0 Å². The van der Waals surface area contributed by atoms with Gasteiger partial charge < -0.3 is 14.8 Å². The van der Waals surface area contributed by atoms with Gasteiger partial charge in [-0.2, -0.15) is 0 Å². The van der Waals surface area contributed by atoms with Gasteiger partial charge in [0.25, 0.3) is 11.8 Å². The molecule has 0 aliphatic carbocycles. The van der Waals surface area contributed by atoms with E-state index >= 15 is 0 Å². The molecule has 0 atom stereocenters. The summed E-state index contributed by atoms with van der Waals surface area (Å²) in [5.41, 5.74) is 1.23. The van der Waals surface area contributed by atoms with Crippen LogP contribution in [0.1, 0.15) is 20.7 Å². The van der Waals surface area contributed by atoms with Gasteiger partial charge in [0.05, 0.1) is 5.56 Å². The minimum Gasteiger partial charge on any atom is -0.367 e. The molecule has 1 aliphatic heterocycles. The Kier molecular flexibility index (Phi) is 4.15. The van der Waals surface area contributed by atoms with Crippen LogP contribution in [0.2, 0.25) is 5.02 Å². The van der Waals surface area contributed by atoms with Gasteiger partial charge in [0, 0.05) is 49.2 Å². The van der Waals surface area contributed by atoms with E-state index in [1.54, 1.807) is 52.5 Å². The maximum atomic E-state index is 12.4. The molecule has 1 fully saturated rings. The lowest BCUT2D eigenvalue weighted by molar-refractivity contribution is 0.0535. The van der Waals surface area contributed by atoms with E-state index in [-0.39, 0.29) is 11.8 Å². The van der Waals surface area contributed by atoms with E-state index in [4.69, 9.17) is 11.6 Å².